The molecule has 0 aliphatic carbocycles. The molecule has 0 aromatic heterocycles. The van der Waals surface area contributed by atoms with Gasteiger partial charge in [-0.25, -0.2) is 10.2 Å². The average molecular weight is 228 g/mol. The summed E-state index contributed by atoms with van der Waals surface area (Å²) >= 11 is 0. The topological polar surface area (TPSA) is 50.7 Å². The molecule has 0 rings (SSSR count). The zero-order valence-corrected chi connectivity index (χ0v) is 10.5. The van der Waals surface area contributed by atoms with E-state index < -0.39 is 6.09 Å². The Kier molecular flexibility index (Phi) is 11.2. The van der Waals surface area contributed by atoms with Crippen LogP contribution in [0.3, 0.4) is 0 Å². The van der Waals surface area contributed by atoms with Gasteiger partial charge in [0.05, 0.1) is 6.61 Å². The van der Waals surface area contributed by atoms with E-state index in [1.54, 1.807) is 13.1 Å². The molecule has 0 atom stereocenters. The highest BCUT2D eigenvalue weighted by atomic mass is 16.5. The fourth-order valence-corrected chi connectivity index (χ4v) is 1.34. The molecular formula is C12H24N2O2. The summed E-state index contributed by atoms with van der Waals surface area (Å²) in [6, 6.07) is 0. The first-order valence-electron chi connectivity index (χ1n) is 6.25. The molecule has 0 aliphatic rings. The molecule has 4 heteroatoms. The zero-order valence-electron chi connectivity index (χ0n) is 10.5. The minimum Gasteiger partial charge on any atom is -0.449 e. The van der Waals surface area contributed by atoms with Crippen LogP contribution >= 0.6 is 0 Å². The third-order valence-corrected chi connectivity index (χ3v) is 2.21. The van der Waals surface area contributed by atoms with Gasteiger partial charge in [0.2, 0.25) is 0 Å². The standard InChI is InChI=1S/C12H24N2O2/c1-3-5-6-7-8-9-10-11-13-14-12(15)16-4-2/h11H,3-10H2,1-2H3,(H,14,15). The number of amides is 1. The van der Waals surface area contributed by atoms with Crippen LogP contribution < -0.4 is 5.43 Å². The van der Waals surface area contributed by atoms with Gasteiger partial charge in [0.25, 0.3) is 0 Å². The van der Waals surface area contributed by atoms with E-state index in [4.69, 9.17) is 0 Å². The number of ether oxygens (including phenoxy) is 1. The van der Waals surface area contributed by atoms with Crippen molar-refractivity contribution in [3.8, 4) is 0 Å². The van der Waals surface area contributed by atoms with Crippen LogP contribution in [0.2, 0.25) is 0 Å². The van der Waals surface area contributed by atoms with Gasteiger partial charge in [0, 0.05) is 6.21 Å². The van der Waals surface area contributed by atoms with Crippen molar-refractivity contribution in [1.29, 1.82) is 0 Å². The first-order chi connectivity index (χ1) is 7.81. The monoisotopic (exact) mass is 228 g/mol. The minimum atomic E-state index is -0.485. The van der Waals surface area contributed by atoms with Crippen molar-refractivity contribution in [2.24, 2.45) is 5.10 Å². The SMILES string of the molecule is CCCCCCCCC=NNC(=O)OCC. The Morgan fingerprint density at radius 1 is 1.19 bits per heavy atom. The largest absolute Gasteiger partial charge is 0.449 e. The lowest BCUT2D eigenvalue weighted by Crippen LogP contribution is -2.18. The predicted molar refractivity (Wildman–Crippen MR) is 66.6 cm³/mol. The van der Waals surface area contributed by atoms with Crippen molar-refractivity contribution < 1.29 is 9.53 Å². The number of rotatable bonds is 9. The normalized spacial score (nSPS) is 10.6. The lowest BCUT2D eigenvalue weighted by atomic mass is 10.1. The van der Waals surface area contributed by atoms with E-state index in [9.17, 15) is 4.79 Å². The van der Waals surface area contributed by atoms with Crippen LogP contribution in [0.1, 0.15) is 58.8 Å². The van der Waals surface area contributed by atoms with Crippen LogP contribution in [0.15, 0.2) is 5.10 Å². The molecule has 0 saturated carbocycles. The molecule has 1 N–H and O–H groups in total. The molecule has 0 spiro atoms. The predicted octanol–water partition coefficient (Wildman–Crippen LogP) is 3.47. The van der Waals surface area contributed by atoms with E-state index in [-0.39, 0.29) is 0 Å². The van der Waals surface area contributed by atoms with Gasteiger partial charge in [-0.05, 0) is 19.8 Å². The maximum absolute atomic E-state index is 10.8. The van der Waals surface area contributed by atoms with Gasteiger partial charge < -0.3 is 4.74 Å². The quantitative estimate of drug-likeness (QED) is 0.373. The Bertz CT molecular complexity index is 193. The lowest BCUT2D eigenvalue weighted by molar-refractivity contribution is 0.152. The number of hydrogen-bond acceptors (Lipinski definition) is 3. The van der Waals surface area contributed by atoms with Crippen molar-refractivity contribution in [2.75, 3.05) is 6.61 Å². The third kappa shape index (κ3) is 11.0. The van der Waals surface area contributed by atoms with Crippen LogP contribution in [0.25, 0.3) is 0 Å². The first-order valence-corrected chi connectivity index (χ1v) is 6.25. The van der Waals surface area contributed by atoms with Crippen LogP contribution in [0.5, 0.6) is 0 Å². The van der Waals surface area contributed by atoms with Crippen LogP contribution in [-0.2, 0) is 4.74 Å². The van der Waals surface area contributed by atoms with Crippen molar-refractivity contribution >= 4 is 12.3 Å². The highest BCUT2D eigenvalue weighted by Gasteiger charge is 1.94. The molecule has 0 aromatic rings. The van der Waals surface area contributed by atoms with Crippen molar-refractivity contribution in [2.45, 2.75) is 58.8 Å². The third-order valence-electron chi connectivity index (χ3n) is 2.21. The minimum absolute atomic E-state index is 0.374. The second-order valence-corrected chi connectivity index (χ2v) is 3.70. The number of unbranched alkanes of at least 4 members (excludes halogenated alkanes) is 6. The van der Waals surface area contributed by atoms with E-state index >= 15 is 0 Å². The summed E-state index contributed by atoms with van der Waals surface area (Å²) in [5.74, 6) is 0. The summed E-state index contributed by atoms with van der Waals surface area (Å²) in [7, 11) is 0. The Labute approximate surface area is 98.4 Å². The van der Waals surface area contributed by atoms with Crippen LogP contribution in [0, 0.1) is 0 Å². The van der Waals surface area contributed by atoms with Crippen molar-refractivity contribution in [3.63, 3.8) is 0 Å². The molecule has 0 heterocycles. The average Bonchev–Trinajstić information content (AvgIpc) is 2.27. The van der Waals surface area contributed by atoms with E-state index in [1.807, 2.05) is 0 Å². The summed E-state index contributed by atoms with van der Waals surface area (Å²) in [4.78, 5) is 10.8. The first kappa shape index (κ1) is 14.9. The lowest BCUT2D eigenvalue weighted by Gasteiger charge is -1.99. The molecule has 0 radical (unpaired) electrons. The molecule has 0 bridgehead atoms. The molecule has 16 heavy (non-hydrogen) atoms. The fraction of sp³-hybridized carbons (Fsp3) is 0.833. The van der Waals surface area contributed by atoms with Crippen LogP contribution in [-0.4, -0.2) is 18.9 Å². The highest BCUT2D eigenvalue weighted by Crippen LogP contribution is 2.05. The molecule has 0 aromatic carbocycles. The molecule has 94 valence electrons. The highest BCUT2D eigenvalue weighted by molar-refractivity contribution is 5.68. The van der Waals surface area contributed by atoms with Gasteiger partial charge in [-0.15, -0.1) is 0 Å². The number of hydrazone groups is 1. The molecule has 0 aliphatic heterocycles. The fourth-order valence-electron chi connectivity index (χ4n) is 1.34. The van der Waals surface area contributed by atoms with Gasteiger partial charge in [-0.3, -0.25) is 0 Å². The number of hydrogen-bond donors (Lipinski definition) is 1. The number of nitrogens with one attached hydrogen (secondary N) is 1. The van der Waals surface area contributed by atoms with Gasteiger partial charge in [-0.1, -0.05) is 39.0 Å². The number of carbonyl (C=O) groups excluding carboxylic acids is 1. The summed E-state index contributed by atoms with van der Waals surface area (Å²) in [6.45, 7) is 4.35. The number of nitrogens with zero attached hydrogens (tertiary/aromatic N) is 1. The maximum atomic E-state index is 10.8. The summed E-state index contributed by atoms with van der Waals surface area (Å²) in [5.41, 5.74) is 2.30. The van der Waals surface area contributed by atoms with E-state index in [1.165, 1.54) is 32.1 Å². The smallest absolute Gasteiger partial charge is 0.427 e. The summed E-state index contributed by atoms with van der Waals surface area (Å²) < 4.78 is 4.65. The summed E-state index contributed by atoms with van der Waals surface area (Å²) in [6.07, 6.45) is 9.78. The second kappa shape index (κ2) is 12.0. The summed E-state index contributed by atoms with van der Waals surface area (Å²) in [5, 5.41) is 3.77. The van der Waals surface area contributed by atoms with E-state index in [2.05, 4.69) is 22.2 Å². The number of carbonyl (C=O) groups is 1. The maximum Gasteiger partial charge on any atom is 0.427 e. The molecule has 4 nitrogen and oxygen atoms in total. The Balaban J connectivity index is 3.18. The van der Waals surface area contributed by atoms with Gasteiger partial charge in [0.1, 0.15) is 0 Å². The van der Waals surface area contributed by atoms with Gasteiger partial charge >= 0.3 is 6.09 Å². The van der Waals surface area contributed by atoms with E-state index in [0.717, 1.165) is 12.8 Å². The Morgan fingerprint density at radius 3 is 2.56 bits per heavy atom. The Morgan fingerprint density at radius 2 is 1.88 bits per heavy atom. The Hall–Kier alpha value is -1.06. The molecule has 0 fully saturated rings. The molecule has 1 amide bonds. The molecular weight excluding hydrogens is 204 g/mol. The van der Waals surface area contributed by atoms with E-state index in [0.29, 0.717) is 6.61 Å². The van der Waals surface area contributed by atoms with Crippen LogP contribution in [0.4, 0.5) is 4.79 Å². The van der Waals surface area contributed by atoms with Gasteiger partial charge in [0.15, 0.2) is 0 Å². The van der Waals surface area contributed by atoms with Crippen molar-refractivity contribution in [1.82, 2.24) is 5.43 Å². The molecule has 0 saturated heterocycles. The second-order valence-electron chi connectivity index (χ2n) is 3.70. The molecule has 0 unspecified atom stereocenters. The zero-order chi connectivity index (χ0) is 12.1. The van der Waals surface area contributed by atoms with Crippen molar-refractivity contribution in [3.05, 3.63) is 0 Å². The van der Waals surface area contributed by atoms with Gasteiger partial charge in [-0.2, -0.15) is 5.10 Å².